The third-order valence-electron chi connectivity index (χ3n) is 2.65. The number of nitrogens with two attached hydrogens (primary N) is 1. The fraction of sp³-hybridized carbons (Fsp3) is 0.417. The summed E-state index contributed by atoms with van der Waals surface area (Å²) in [7, 11) is 0. The zero-order valence-corrected chi connectivity index (χ0v) is 9.11. The van der Waals surface area contributed by atoms with Crippen LogP contribution in [-0.4, -0.2) is 18.6 Å². The summed E-state index contributed by atoms with van der Waals surface area (Å²) in [6.07, 6.45) is 2.61. The van der Waals surface area contributed by atoms with Gasteiger partial charge in [-0.05, 0) is 43.5 Å². The van der Waals surface area contributed by atoms with Crippen molar-refractivity contribution in [1.82, 2.24) is 0 Å². The number of anilines is 2. The maximum absolute atomic E-state index is 11.8. The molecule has 3 N–H and O–H groups in total. The minimum atomic E-state index is -0.300. The van der Waals surface area contributed by atoms with Gasteiger partial charge < -0.3 is 15.8 Å². The first kappa shape index (κ1) is 11.0. The van der Waals surface area contributed by atoms with E-state index in [4.69, 9.17) is 10.5 Å². The Hall–Kier alpha value is -1.55. The fourth-order valence-corrected chi connectivity index (χ4v) is 1.74. The number of hydrogen-bond acceptors (Lipinski definition) is 3. The van der Waals surface area contributed by atoms with Gasteiger partial charge in [0.1, 0.15) is 6.10 Å². The summed E-state index contributed by atoms with van der Waals surface area (Å²) in [4.78, 5) is 11.8. The van der Waals surface area contributed by atoms with Crippen molar-refractivity contribution >= 4 is 17.3 Å². The molecular formula is C12H16N2O2. The lowest BCUT2D eigenvalue weighted by Crippen LogP contribution is -2.33. The number of ether oxygens (including phenoxy) is 1. The summed E-state index contributed by atoms with van der Waals surface area (Å²) < 4.78 is 5.40. The largest absolute Gasteiger partial charge is 0.399 e. The first-order chi connectivity index (χ1) is 7.75. The van der Waals surface area contributed by atoms with E-state index in [1.165, 1.54) is 0 Å². The van der Waals surface area contributed by atoms with Crippen LogP contribution in [0.2, 0.25) is 0 Å². The highest BCUT2D eigenvalue weighted by Crippen LogP contribution is 2.16. The summed E-state index contributed by atoms with van der Waals surface area (Å²) in [6.45, 7) is 0.680. The first-order valence-electron chi connectivity index (χ1n) is 5.54. The van der Waals surface area contributed by atoms with Gasteiger partial charge >= 0.3 is 0 Å². The van der Waals surface area contributed by atoms with Gasteiger partial charge in [0.05, 0.1) is 0 Å². The Labute approximate surface area is 94.8 Å². The SMILES string of the molecule is Nc1ccc(NC(=O)C2CCCCO2)cc1. The lowest BCUT2D eigenvalue weighted by atomic mass is 10.1. The third kappa shape index (κ3) is 2.73. The Kier molecular flexibility index (Phi) is 3.41. The number of hydrogen-bond donors (Lipinski definition) is 2. The van der Waals surface area contributed by atoms with E-state index >= 15 is 0 Å². The second-order valence-corrected chi connectivity index (χ2v) is 3.97. The first-order valence-corrected chi connectivity index (χ1v) is 5.54. The maximum atomic E-state index is 11.8. The van der Waals surface area contributed by atoms with Crippen molar-refractivity contribution in [2.24, 2.45) is 0 Å². The molecule has 4 nitrogen and oxygen atoms in total. The van der Waals surface area contributed by atoms with Crippen LogP contribution >= 0.6 is 0 Å². The van der Waals surface area contributed by atoms with Gasteiger partial charge in [0, 0.05) is 18.0 Å². The molecule has 16 heavy (non-hydrogen) atoms. The highest BCUT2D eigenvalue weighted by molar-refractivity contribution is 5.94. The summed E-state index contributed by atoms with van der Waals surface area (Å²) in [5, 5.41) is 2.82. The molecule has 1 unspecified atom stereocenters. The van der Waals surface area contributed by atoms with Gasteiger partial charge in [0.25, 0.3) is 5.91 Å². The van der Waals surface area contributed by atoms with E-state index < -0.39 is 0 Å². The normalized spacial score (nSPS) is 20.4. The van der Waals surface area contributed by atoms with Crippen LogP contribution in [0.25, 0.3) is 0 Å². The lowest BCUT2D eigenvalue weighted by Gasteiger charge is -2.21. The minimum absolute atomic E-state index is 0.0653. The molecule has 0 saturated carbocycles. The van der Waals surface area contributed by atoms with Crippen molar-refractivity contribution in [3.05, 3.63) is 24.3 Å². The van der Waals surface area contributed by atoms with Crippen LogP contribution in [0, 0.1) is 0 Å². The van der Waals surface area contributed by atoms with Crippen LogP contribution in [-0.2, 0) is 9.53 Å². The topological polar surface area (TPSA) is 64.3 Å². The zero-order chi connectivity index (χ0) is 11.4. The monoisotopic (exact) mass is 220 g/mol. The van der Waals surface area contributed by atoms with Crippen molar-refractivity contribution in [2.75, 3.05) is 17.7 Å². The van der Waals surface area contributed by atoms with Crippen molar-refractivity contribution in [3.63, 3.8) is 0 Å². The van der Waals surface area contributed by atoms with Crippen molar-refractivity contribution in [1.29, 1.82) is 0 Å². The Morgan fingerprint density at radius 2 is 2.06 bits per heavy atom. The molecule has 1 atom stereocenters. The molecule has 1 aromatic rings. The molecule has 86 valence electrons. The predicted molar refractivity (Wildman–Crippen MR) is 63.1 cm³/mol. The van der Waals surface area contributed by atoms with Crippen molar-refractivity contribution in [2.45, 2.75) is 25.4 Å². The second-order valence-electron chi connectivity index (χ2n) is 3.97. The van der Waals surface area contributed by atoms with Crippen molar-refractivity contribution in [3.8, 4) is 0 Å². The lowest BCUT2D eigenvalue weighted by molar-refractivity contribution is -0.129. The standard InChI is InChI=1S/C12H16N2O2/c13-9-4-6-10(7-5-9)14-12(15)11-3-1-2-8-16-11/h4-7,11H,1-3,8,13H2,(H,14,15). The summed E-state index contributed by atoms with van der Waals surface area (Å²) >= 11 is 0. The van der Waals surface area contributed by atoms with Crippen LogP contribution < -0.4 is 11.1 Å². The number of nitrogen functional groups attached to an aromatic ring is 1. The highest BCUT2D eigenvalue weighted by atomic mass is 16.5. The van der Waals surface area contributed by atoms with Gasteiger partial charge in [0.2, 0.25) is 0 Å². The minimum Gasteiger partial charge on any atom is -0.399 e. The Morgan fingerprint density at radius 3 is 2.69 bits per heavy atom. The number of carbonyl (C=O) groups is 1. The molecule has 1 amide bonds. The smallest absolute Gasteiger partial charge is 0.253 e. The number of amides is 1. The molecule has 1 saturated heterocycles. The average molecular weight is 220 g/mol. The molecule has 1 aliphatic heterocycles. The Bertz CT molecular complexity index is 356. The second kappa shape index (κ2) is 4.99. The average Bonchev–Trinajstić information content (AvgIpc) is 2.33. The third-order valence-corrected chi connectivity index (χ3v) is 2.65. The van der Waals surface area contributed by atoms with Gasteiger partial charge in [0.15, 0.2) is 0 Å². The van der Waals surface area contributed by atoms with Gasteiger partial charge in [-0.25, -0.2) is 0 Å². The molecule has 0 radical (unpaired) electrons. The van der Waals surface area contributed by atoms with E-state index in [1.54, 1.807) is 24.3 Å². The van der Waals surface area contributed by atoms with Crippen LogP contribution in [0.15, 0.2) is 24.3 Å². The molecule has 2 rings (SSSR count). The predicted octanol–water partition coefficient (Wildman–Crippen LogP) is 1.78. The van der Waals surface area contributed by atoms with Crippen LogP contribution in [0.3, 0.4) is 0 Å². The number of benzene rings is 1. The molecule has 1 heterocycles. The van der Waals surface area contributed by atoms with Crippen molar-refractivity contribution < 1.29 is 9.53 Å². The molecule has 0 spiro atoms. The molecule has 1 aliphatic rings. The molecular weight excluding hydrogens is 204 g/mol. The van der Waals surface area contributed by atoms with E-state index in [0.717, 1.165) is 24.9 Å². The van der Waals surface area contributed by atoms with Crippen LogP contribution in [0.4, 0.5) is 11.4 Å². The van der Waals surface area contributed by atoms with E-state index in [1.807, 2.05) is 0 Å². The number of carbonyl (C=O) groups excluding carboxylic acids is 1. The summed E-state index contributed by atoms with van der Waals surface area (Å²) in [6, 6.07) is 7.10. The zero-order valence-electron chi connectivity index (χ0n) is 9.11. The molecule has 1 fully saturated rings. The van der Waals surface area contributed by atoms with Gasteiger partial charge in [-0.2, -0.15) is 0 Å². The van der Waals surface area contributed by atoms with Gasteiger partial charge in [-0.3, -0.25) is 4.79 Å². The fourth-order valence-electron chi connectivity index (χ4n) is 1.74. The van der Waals surface area contributed by atoms with E-state index in [2.05, 4.69) is 5.32 Å². The van der Waals surface area contributed by atoms with E-state index in [9.17, 15) is 4.79 Å². The molecule has 0 aromatic heterocycles. The van der Waals surface area contributed by atoms with Crippen LogP contribution in [0.5, 0.6) is 0 Å². The van der Waals surface area contributed by atoms with Gasteiger partial charge in [-0.15, -0.1) is 0 Å². The highest BCUT2D eigenvalue weighted by Gasteiger charge is 2.21. The Morgan fingerprint density at radius 1 is 1.31 bits per heavy atom. The quantitative estimate of drug-likeness (QED) is 0.747. The molecule has 0 aliphatic carbocycles. The number of rotatable bonds is 2. The summed E-state index contributed by atoms with van der Waals surface area (Å²) in [5.41, 5.74) is 7.01. The van der Waals surface area contributed by atoms with Crippen LogP contribution in [0.1, 0.15) is 19.3 Å². The van der Waals surface area contributed by atoms with E-state index in [0.29, 0.717) is 12.3 Å². The molecule has 4 heteroatoms. The van der Waals surface area contributed by atoms with E-state index in [-0.39, 0.29) is 12.0 Å². The summed E-state index contributed by atoms with van der Waals surface area (Å²) in [5.74, 6) is -0.0653. The Balaban J connectivity index is 1.93. The number of nitrogens with one attached hydrogen (secondary N) is 1. The molecule has 1 aromatic carbocycles. The van der Waals surface area contributed by atoms with Gasteiger partial charge in [-0.1, -0.05) is 0 Å². The molecule has 0 bridgehead atoms. The maximum Gasteiger partial charge on any atom is 0.253 e.